The highest BCUT2D eigenvalue weighted by atomic mass is 32.2. The lowest BCUT2D eigenvalue weighted by Gasteiger charge is -2.08. The summed E-state index contributed by atoms with van der Waals surface area (Å²) in [5.74, 6) is 0.0257. The van der Waals surface area contributed by atoms with E-state index in [1.807, 2.05) is 6.92 Å². The first kappa shape index (κ1) is 12.6. The highest BCUT2D eigenvalue weighted by Crippen LogP contribution is 1.89. The van der Waals surface area contributed by atoms with Crippen LogP contribution in [-0.4, -0.2) is 41.8 Å². The zero-order valence-electron chi connectivity index (χ0n) is 8.42. The van der Waals surface area contributed by atoms with Crippen molar-refractivity contribution in [2.45, 2.75) is 18.6 Å². The Labute approximate surface area is 81.9 Å². The predicted molar refractivity (Wildman–Crippen MR) is 55.1 cm³/mol. The van der Waals surface area contributed by atoms with E-state index in [-0.39, 0.29) is 11.2 Å². The fraction of sp³-hybridized carbons (Fsp3) is 0.875. The minimum atomic E-state index is -0.789. The Morgan fingerprint density at radius 1 is 1.54 bits per heavy atom. The molecule has 0 aliphatic carbocycles. The first-order valence-electron chi connectivity index (χ1n) is 4.31. The van der Waals surface area contributed by atoms with Crippen molar-refractivity contribution in [2.75, 3.05) is 26.4 Å². The third-order valence-electron chi connectivity index (χ3n) is 1.81. The van der Waals surface area contributed by atoms with Crippen LogP contribution in [0.2, 0.25) is 0 Å². The second-order valence-corrected chi connectivity index (χ2v) is 4.74. The average Bonchev–Trinajstić information content (AvgIpc) is 2.11. The standard InChI is InChI=1S/C8H18N2O2S/c1-7(13(3)12)6-10-5-4-8(11)9-2/h7,10H,4-6H2,1-3H3,(H,9,11). The van der Waals surface area contributed by atoms with Gasteiger partial charge in [-0.1, -0.05) is 0 Å². The van der Waals surface area contributed by atoms with Gasteiger partial charge < -0.3 is 10.6 Å². The van der Waals surface area contributed by atoms with Gasteiger partial charge in [0, 0.05) is 48.9 Å². The summed E-state index contributed by atoms with van der Waals surface area (Å²) >= 11 is 0. The minimum Gasteiger partial charge on any atom is -0.359 e. The highest BCUT2D eigenvalue weighted by Gasteiger charge is 2.04. The fourth-order valence-corrected chi connectivity index (χ4v) is 1.10. The lowest BCUT2D eigenvalue weighted by molar-refractivity contribution is -0.120. The maximum absolute atomic E-state index is 10.9. The predicted octanol–water partition coefficient (Wildman–Crippen LogP) is -0.521. The Kier molecular flexibility index (Phi) is 6.80. The van der Waals surface area contributed by atoms with E-state index in [0.29, 0.717) is 19.5 Å². The van der Waals surface area contributed by atoms with Crippen LogP contribution in [-0.2, 0) is 15.6 Å². The van der Waals surface area contributed by atoms with Gasteiger partial charge in [-0.25, -0.2) is 0 Å². The van der Waals surface area contributed by atoms with Gasteiger partial charge in [-0.3, -0.25) is 9.00 Å². The van der Waals surface area contributed by atoms with Crippen LogP contribution in [0.3, 0.4) is 0 Å². The van der Waals surface area contributed by atoms with Gasteiger partial charge >= 0.3 is 0 Å². The summed E-state index contributed by atoms with van der Waals surface area (Å²) < 4.78 is 10.9. The van der Waals surface area contributed by atoms with E-state index >= 15 is 0 Å². The van der Waals surface area contributed by atoms with Gasteiger partial charge in [-0.05, 0) is 6.92 Å². The van der Waals surface area contributed by atoms with Crippen molar-refractivity contribution in [1.82, 2.24) is 10.6 Å². The van der Waals surface area contributed by atoms with Crippen molar-refractivity contribution in [3.63, 3.8) is 0 Å². The molecule has 0 fully saturated rings. The first-order chi connectivity index (χ1) is 6.07. The third-order valence-corrected chi connectivity index (χ3v) is 3.11. The molecule has 0 rings (SSSR count). The lowest BCUT2D eigenvalue weighted by atomic mass is 10.4. The molecule has 0 heterocycles. The number of carbonyl (C=O) groups excluding carboxylic acids is 1. The normalized spacial score (nSPS) is 15.0. The number of amides is 1. The molecule has 2 unspecified atom stereocenters. The van der Waals surface area contributed by atoms with Crippen molar-refractivity contribution in [2.24, 2.45) is 0 Å². The zero-order valence-corrected chi connectivity index (χ0v) is 9.24. The number of rotatable bonds is 6. The van der Waals surface area contributed by atoms with Crippen LogP contribution >= 0.6 is 0 Å². The van der Waals surface area contributed by atoms with Crippen LogP contribution in [0.4, 0.5) is 0 Å². The van der Waals surface area contributed by atoms with Crippen molar-refractivity contribution in [3.8, 4) is 0 Å². The molecular formula is C8H18N2O2S. The van der Waals surface area contributed by atoms with Crippen molar-refractivity contribution < 1.29 is 9.00 Å². The van der Waals surface area contributed by atoms with E-state index < -0.39 is 10.8 Å². The van der Waals surface area contributed by atoms with E-state index in [4.69, 9.17) is 0 Å². The molecule has 0 aromatic heterocycles. The number of carbonyl (C=O) groups is 1. The van der Waals surface area contributed by atoms with Crippen LogP contribution < -0.4 is 10.6 Å². The molecular weight excluding hydrogens is 188 g/mol. The number of hydrogen-bond acceptors (Lipinski definition) is 3. The smallest absolute Gasteiger partial charge is 0.221 e. The summed E-state index contributed by atoms with van der Waals surface area (Å²) in [6, 6.07) is 0. The molecule has 0 aromatic carbocycles. The van der Waals surface area contributed by atoms with Crippen molar-refractivity contribution >= 4 is 16.7 Å². The molecule has 5 heteroatoms. The van der Waals surface area contributed by atoms with E-state index in [1.54, 1.807) is 13.3 Å². The van der Waals surface area contributed by atoms with Crippen LogP contribution in [0.5, 0.6) is 0 Å². The maximum Gasteiger partial charge on any atom is 0.221 e. The van der Waals surface area contributed by atoms with E-state index in [2.05, 4.69) is 10.6 Å². The largest absolute Gasteiger partial charge is 0.359 e. The quantitative estimate of drug-likeness (QED) is 0.575. The van der Waals surface area contributed by atoms with Gasteiger partial charge in [0.15, 0.2) is 0 Å². The molecule has 4 nitrogen and oxygen atoms in total. The Morgan fingerprint density at radius 3 is 2.62 bits per heavy atom. The van der Waals surface area contributed by atoms with Gasteiger partial charge in [0.1, 0.15) is 0 Å². The highest BCUT2D eigenvalue weighted by molar-refractivity contribution is 7.84. The van der Waals surface area contributed by atoms with Gasteiger partial charge in [-0.15, -0.1) is 0 Å². The van der Waals surface area contributed by atoms with E-state index in [1.165, 1.54) is 0 Å². The Morgan fingerprint density at radius 2 is 2.15 bits per heavy atom. The topological polar surface area (TPSA) is 58.2 Å². The van der Waals surface area contributed by atoms with E-state index in [9.17, 15) is 9.00 Å². The zero-order chi connectivity index (χ0) is 10.3. The molecule has 13 heavy (non-hydrogen) atoms. The molecule has 0 saturated carbocycles. The summed E-state index contributed by atoms with van der Waals surface area (Å²) in [4.78, 5) is 10.8. The Hall–Kier alpha value is -0.420. The van der Waals surface area contributed by atoms with Gasteiger partial charge in [0.2, 0.25) is 5.91 Å². The Bertz CT molecular complexity index is 185. The van der Waals surface area contributed by atoms with Crippen LogP contribution in [0, 0.1) is 0 Å². The molecule has 0 radical (unpaired) electrons. The first-order valence-corrected chi connectivity index (χ1v) is 5.93. The monoisotopic (exact) mass is 206 g/mol. The molecule has 0 aromatic rings. The van der Waals surface area contributed by atoms with Crippen LogP contribution in [0.1, 0.15) is 13.3 Å². The minimum absolute atomic E-state index is 0.0257. The summed E-state index contributed by atoms with van der Waals surface area (Å²) in [6.07, 6.45) is 2.16. The third kappa shape index (κ3) is 6.72. The van der Waals surface area contributed by atoms with Gasteiger partial charge in [-0.2, -0.15) is 0 Å². The van der Waals surface area contributed by atoms with Gasteiger partial charge in [0.05, 0.1) is 0 Å². The summed E-state index contributed by atoms with van der Waals surface area (Å²) in [7, 11) is 0.828. The van der Waals surface area contributed by atoms with Crippen LogP contribution in [0.25, 0.3) is 0 Å². The molecule has 78 valence electrons. The molecule has 0 saturated heterocycles. The second-order valence-electron chi connectivity index (χ2n) is 2.94. The second kappa shape index (κ2) is 7.03. The van der Waals surface area contributed by atoms with Crippen molar-refractivity contribution in [3.05, 3.63) is 0 Å². The van der Waals surface area contributed by atoms with Gasteiger partial charge in [0.25, 0.3) is 0 Å². The SMILES string of the molecule is CNC(=O)CCNCC(C)S(C)=O. The van der Waals surface area contributed by atoms with Crippen molar-refractivity contribution in [1.29, 1.82) is 0 Å². The molecule has 0 bridgehead atoms. The summed E-state index contributed by atoms with van der Waals surface area (Å²) in [5, 5.41) is 5.76. The van der Waals surface area contributed by atoms with Crippen LogP contribution in [0.15, 0.2) is 0 Å². The molecule has 2 N–H and O–H groups in total. The molecule has 0 aliphatic rings. The summed E-state index contributed by atoms with van der Waals surface area (Å²) in [5.41, 5.74) is 0. The molecule has 1 amide bonds. The average molecular weight is 206 g/mol. The molecule has 0 spiro atoms. The Balaban J connectivity index is 3.35. The number of nitrogens with one attached hydrogen (secondary N) is 2. The fourth-order valence-electron chi connectivity index (χ4n) is 0.750. The number of hydrogen-bond donors (Lipinski definition) is 2. The molecule has 0 aliphatic heterocycles. The molecule has 2 atom stereocenters. The van der Waals surface area contributed by atoms with E-state index in [0.717, 1.165) is 0 Å². The summed E-state index contributed by atoms with van der Waals surface area (Å²) in [6.45, 7) is 3.25. The lowest BCUT2D eigenvalue weighted by Crippen LogP contribution is -2.31. The maximum atomic E-state index is 10.9.